The minimum Gasteiger partial charge on any atom is -0.308 e. The summed E-state index contributed by atoms with van der Waals surface area (Å²) in [6.07, 6.45) is 10.8. The molecule has 0 saturated heterocycles. The highest BCUT2D eigenvalue weighted by atomic mass is 16.1. The first-order chi connectivity index (χ1) is 6.38. The lowest BCUT2D eigenvalue weighted by Crippen LogP contribution is -2.22. The van der Waals surface area contributed by atoms with E-state index in [-0.39, 0.29) is 11.6 Å². The Morgan fingerprint density at radius 1 is 1.31 bits per heavy atom. The van der Waals surface area contributed by atoms with Gasteiger partial charge < -0.3 is 4.57 Å². The third kappa shape index (κ3) is 1.61. The van der Waals surface area contributed by atoms with Crippen molar-refractivity contribution in [2.75, 3.05) is 0 Å². The lowest BCUT2D eigenvalue weighted by Gasteiger charge is -2.15. The molecule has 2 nitrogen and oxygen atoms in total. The smallest absolute Gasteiger partial charge is 0.251 e. The van der Waals surface area contributed by atoms with Crippen molar-refractivity contribution in [1.82, 2.24) is 4.57 Å². The Hall–Kier alpha value is -1.57. The highest BCUT2D eigenvalue weighted by Gasteiger charge is 2.07. The van der Waals surface area contributed by atoms with Gasteiger partial charge in [0, 0.05) is 12.3 Å². The molecule has 0 N–H and O–H groups in total. The molecule has 0 amide bonds. The van der Waals surface area contributed by atoms with Gasteiger partial charge >= 0.3 is 0 Å². The molecular weight excluding hydrogens is 162 g/mol. The van der Waals surface area contributed by atoms with Crippen molar-refractivity contribution in [2.24, 2.45) is 0 Å². The molecule has 0 aromatic carbocycles. The summed E-state index contributed by atoms with van der Waals surface area (Å²) in [6.45, 7) is 0. The van der Waals surface area contributed by atoms with Gasteiger partial charge in [-0.15, -0.1) is 0 Å². The normalized spacial score (nSPS) is 20.5. The van der Waals surface area contributed by atoms with E-state index in [1.54, 1.807) is 16.7 Å². The van der Waals surface area contributed by atoms with E-state index in [2.05, 4.69) is 6.08 Å². The molecule has 0 bridgehead atoms. The van der Waals surface area contributed by atoms with E-state index in [9.17, 15) is 4.79 Å². The van der Waals surface area contributed by atoms with E-state index < -0.39 is 0 Å². The highest BCUT2D eigenvalue weighted by Crippen LogP contribution is 2.14. The molecular formula is C11H11NO. The topological polar surface area (TPSA) is 22.0 Å². The van der Waals surface area contributed by atoms with Crippen LogP contribution < -0.4 is 5.56 Å². The molecule has 1 aliphatic rings. The zero-order valence-corrected chi connectivity index (χ0v) is 7.26. The van der Waals surface area contributed by atoms with E-state index in [0.29, 0.717) is 0 Å². The maximum absolute atomic E-state index is 11.4. The molecule has 2 heteroatoms. The lowest BCUT2D eigenvalue weighted by atomic mass is 10.1. The van der Waals surface area contributed by atoms with Crippen LogP contribution in [0.15, 0.2) is 53.5 Å². The second-order valence-corrected chi connectivity index (χ2v) is 3.06. The van der Waals surface area contributed by atoms with Crippen molar-refractivity contribution in [3.63, 3.8) is 0 Å². The molecule has 0 fully saturated rings. The van der Waals surface area contributed by atoms with Gasteiger partial charge in [-0.1, -0.05) is 30.4 Å². The van der Waals surface area contributed by atoms with Gasteiger partial charge in [-0.05, 0) is 12.5 Å². The summed E-state index contributed by atoms with van der Waals surface area (Å²) in [4.78, 5) is 11.4. The summed E-state index contributed by atoms with van der Waals surface area (Å²) >= 11 is 0. The molecule has 1 aromatic rings. The van der Waals surface area contributed by atoms with Crippen molar-refractivity contribution in [3.05, 3.63) is 59.1 Å². The maximum atomic E-state index is 11.4. The number of rotatable bonds is 1. The fraction of sp³-hybridized carbons (Fsp3) is 0.182. The van der Waals surface area contributed by atoms with E-state index >= 15 is 0 Å². The van der Waals surface area contributed by atoms with Gasteiger partial charge in [0.05, 0.1) is 6.04 Å². The first kappa shape index (κ1) is 8.05. The second kappa shape index (κ2) is 3.44. The van der Waals surface area contributed by atoms with Crippen molar-refractivity contribution in [3.8, 4) is 0 Å². The predicted molar refractivity (Wildman–Crippen MR) is 52.6 cm³/mol. The number of hydrogen-bond acceptors (Lipinski definition) is 1. The molecule has 1 aliphatic carbocycles. The SMILES string of the molecule is O=c1ccccn1C1C=CC=CC1. The van der Waals surface area contributed by atoms with E-state index in [1.807, 2.05) is 30.5 Å². The van der Waals surface area contributed by atoms with Gasteiger partial charge in [0.25, 0.3) is 5.56 Å². The minimum absolute atomic E-state index is 0.0625. The van der Waals surface area contributed by atoms with Crippen LogP contribution in [-0.4, -0.2) is 4.57 Å². The van der Waals surface area contributed by atoms with E-state index in [4.69, 9.17) is 0 Å². The van der Waals surface area contributed by atoms with Gasteiger partial charge in [-0.2, -0.15) is 0 Å². The standard InChI is InChI=1S/C11H11NO/c13-11-8-4-5-9-12(11)10-6-2-1-3-7-10/h1-6,8-10H,7H2. The average molecular weight is 173 g/mol. The Balaban J connectivity index is 2.36. The Bertz CT molecular complexity index is 401. The van der Waals surface area contributed by atoms with Gasteiger partial charge in [-0.3, -0.25) is 4.79 Å². The van der Waals surface area contributed by atoms with Crippen LogP contribution in [0.2, 0.25) is 0 Å². The van der Waals surface area contributed by atoms with Gasteiger partial charge in [0.2, 0.25) is 0 Å². The van der Waals surface area contributed by atoms with Gasteiger partial charge in [0.1, 0.15) is 0 Å². The van der Waals surface area contributed by atoms with Crippen molar-refractivity contribution in [1.29, 1.82) is 0 Å². The number of hydrogen-bond donors (Lipinski definition) is 0. The van der Waals surface area contributed by atoms with Crippen LogP contribution in [-0.2, 0) is 0 Å². The molecule has 2 rings (SSSR count). The van der Waals surface area contributed by atoms with Crippen LogP contribution in [0.5, 0.6) is 0 Å². The maximum Gasteiger partial charge on any atom is 0.251 e. The summed E-state index contributed by atoms with van der Waals surface area (Å²) in [5, 5.41) is 0. The lowest BCUT2D eigenvalue weighted by molar-refractivity contribution is 0.586. The van der Waals surface area contributed by atoms with Crippen LogP contribution in [0.3, 0.4) is 0 Å². The van der Waals surface area contributed by atoms with E-state index in [1.165, 1.54) is 0 Å². The van der Waals surface area contributed by atoms with Crippen molar-refractivity contribution < 1.29 is 0 Å². The van der Waals surface area contributed by atoms with Crippen molar-refractivity contribution in [2.45, 2.75) is 12.5 Å². The summed E-state index contributed by atoms with van der Waals surface area (Å²) in [7, 11) is 0. The first-order valence-electron chi connectivity index (χ1n) is 4.38. The molecule has 13 heavy (non-hydrogen) atoms. The summed E-state index contributed by atoms with van der Waals surface area (Å²) in [5.41, 5.74) is 0.0625. The number of nitrogens with zero attached hydrogens (tertiary/aromatic N) is 1. The largest absolute Gasteiger partial charge is 0.308 e. The minimum atomic E-state index is 0.0625. The van der Waals surface area contributed by atoms with E-state index in [0.717, 1.165) is 6.42 Å². The first-order valence-corrected chi connectivity index (χ1v) is 4.38. The summed E-state index contributed by atoms with van der Waals surface area (Å²) in [6, 6.07) is 5.43. The highest BCUT2D eigenvalue weighted by molar-refractivity contribution is 5.13. The third-order valence-corrected chi connectivity index (χ3v) is 2.17. The molecule has 1 atom stereocenters. The zero-order valence-electron chi connectivity index (χ0n) is 7.26. The Kier molecular flexibility index (Phi) is 2.13. The molecule has 0 spiro atoms. The molecule has 0 aliphatic heterocycles. The van der Waals surface area contributed by atoms with Crippen LogP contribution in [0, 0.1) is 0 Å². The molecule has 66 valence electrons. The molecule has 1 unspecified atom stereocenters. The van der Waals surface area contributed by atoms with Crippen LogP contribution in [0.25, 0.3) is 0 Å². The fourth-order valence-electron chi connectivity index (χ4n) is 1.49. The molecule has 1 aromatic heterocycles. The van der Waals surface area contributed by atoms with Crippen LogP contribution in [0.4, 0.5) is 0 Å². The summed E-state index contributed by atoms with van der Waals surface area (Å²) < 4.78 is 1.75. The number of aromatic nitrogens is 1. The quantitative estimate of drug-likeness (QED) is 0.635. The van der Waals surface area contributed by atoms with Gasteiger partial charge in [-0.25, -0.2) is 0 Å². The Morgan fingerprint density at radius 3 is 2.92 bits per heavy atom. The number of pyridine rings is 1. The number of allylic oxidation sites excluding steroid dienone is 4. The Morgan fingerprint density at radius 2 is 2.23 bits per heavy atom. The summed E-state index contributed by atoms with van der Waals surface area (Å²) in [5.74, 6) is 0. The van der Waals surface area contributed by atoms with Gasteiger partial charge in [0.15, 0.2) is 0 Å². The average Bonchev–Trinajstić information content (AvgIpc) is 2.20. The van der Waals surface area contributed by atoms with Crippen LogP contribution in [0.1, 0.15) is 12.5 Å². The fourth-order valence-corrected chi connectivity index (χ4v) is 1.49. The van der Waals surface area contributed by atoms with Crippen molar-refractivity contribution >= 4 is 0 Å². The zero-order chi connectivity index (χ0) is 9.10. The second-order valence-electron chi connectivity index (χ2n) is 3.06. The predicted octanol–water partition coefficient (Wildman–Crippen LogP) is 1.91. The van der Waals surface area contributed by atoms with Crippen LogP contribution >= 0.6 is 0 Å². The molecule has 0 radical (unpaired) electrons. The molecule has 1 heterocycles. The molecule has 0 saturated carbocycles. The monoisotopic (exact) mass is 173 g/mol. The Labute approximate surface area is 76.8 Å². The third-order valence-electron chi connectivity index (χ3n) is 2.17.